The molecule has 0 aromatic heterocycles. The van der Waals surface area contributed by atoms with E-state index in [-0.39, 0.29) is 5.57 Å². The van der Waals surface area contributed by atoms with Crippen molar-refractivity contribution in [3.8, 4) is 0 Å². The van der Waals surface area contributed by atoms with E-state index in [1.807, 2.05) is 0 Å². The van der Waals surface area contributed by atoms with E-state index < -0.39 is 46.4 Å². The SMILES string of the molecule is C=C(C)C(=O)OCC(F)(F)C(=O)OCC(F)(F)S(=O)(=O)[O-]. The van der Waals surface area contributed by atoms with Gasteiger partial charge < -0.3 is 14.0 Å². The smallest absolute Gasteiger partial charge is 0.381 e. The Kier molecular flexibility index (Phi) is 5.87. The van der Waals surface area contributed by atoms with Crippen LogP contribution in [0.3, 0.4) is 0 Å². The maximum atomic E-state index is 13.1. The van der Waals surface area contributed by atoms with Crippen LogP contribution in [0.25, 0.3) is 0 Å². The summed E-state index contributed by atoms with van der Waals surface area (Å²) >= 11 is 0. The number of halogens is 4. The fraction of sp³-hybridized carbons (Fsp3) is 0.556. The van der Waals surface area contributed by atoms with Gasteiger partial charge in [-0.3, -0.25) is 0 Å². The summed E-state index contributed by atoms with van der Waals surface area (Å²) in [4.78, 5) is 21.6. The van der Waals surface area contributed by atoms with E-state index in [0.29, 0.717) is 0 Å². The number of carbonyl (C=O) groups excluding carboxylic acids is 2. The minimum atomic E-state index is -6.18. The largest absolute Gasteiger partial charge is 0.743 e. The molecular formula is C9H9F4O7S-. The minimum Gasteiger partial charge on any atom is -0.743 e. The summed E-state index contributed by atoms with van der Waals surface area (Å²) in [6.07, 6.45) is 0. The molecule has 0 aliphatic carbocycles. The Bertz CT molecular complexity index is 540. The van der Waals surface area contributed by atoms with Gasteiger partial charge in [-0.1, -0.05) is 6.58 Å². The third kappa shape index (κ3) is 5.67. The molecule has 0 atom stereocenters. The monoisotopic (exact) mass is 337 g/mol. The molecule has 0 radical (unpaired) electrons. The number of hydrogen-bond donors (Lipinski definition) is 0. The van der Waals surface area contributed by atoms with Gasteiger partial charge in [-0.25, -0.2) is 18.0 Å². The minimum absolute atomic E-state index is 0.261. The van der Waals surface area contributed by atoms with Crippen molar-refractivity contribution in [3.05, 3.63) is 12.2 Å². The molecule has 0 saturated carbocycles. The first-order valence-electron chi connectivity index (χ1n) is 4.91. The highest BCUT2D eigenvalue weighted by atomic mass is 32.2. The molecule has 0 fully saturated rings. The lowest BCUT2D eigenvalue weighted by Crippen LogP contribution is -2.41. The lowest BCUT2D eigenvalue weighted by Gasteiger charge is -2.21. The zero-order valence-electron chi connectivity index (χ0n) is 10.4. The molecule has 21 heavy (non-hydrogen) atoms. The number of esters is 2. The Morgan fingerprint density at radius 3 is 2.00 bits per heavy atom. The van der Waals surface area contributed by atoms with Crippen LogP contribution in [0.15, 0.2) is 12.2 Å². The topological polar surface area (TPSA) is 110 Å². The van der Waals surface area contributed by atoms with E-state index in [1.165, 1.54) is 0 Å². The first kappa shape index (κ1) is 19.3. The van der Waals surface area contributed by atoms with Gasteiger partial charge in [0.1, 0.15) is 0 Å². The van der Waals surface area contributed by atoms with Gasteiger partial charge in [0.05, 0.1) is 0 Å². The van der Waals surface area contributed by atoms with E-state index in [1.54, 1.807) is 0 Å². The van der Waals surface area contributed by atoms with Crippen LogP contribution >= 0.6 is 0 Å². The fourth-order valence-electron chi connectivity index (χ4n) is 0.666. The summed E-state index contributed by atoms with van der Waals surface area (Å²) in [5.41, 5.74) is -0.261. The lowest BCUT2D eigenvalue weighted by atomic mass is 10.3. The van der Waals surface area contributed by atoms with Crippen LogP contribution in [0, 0.1) is 0 Å². The van der Waals surface area contributed by atoms with E-state index in [0.717, 1.165) is 6.92 Å². The Hall–Kier alpha value is -1.69. The molecule has 0 N–H and O–H groups in total. The number of hydrogen-bond acceptors (Lipinski definition) is 7. The highest BCUT2D eigenvalue weighted by Gasteiger charge is 2.46. The van der Waals surface area contributed by atoms with Gasteiger partial charge in [0.15, 0.2) is 23.3 Å². The van der Waals surface area contributed by atoms with Crippen LogP contribution in [0.1, 0.15) is 6.92 Å². The predicted molar refractivity (Wildman–Crippen MR) is 56.3 cm³/mol. The Morgan fingerprint density at radius 1 is 1.14 bits per heavy atom. The number of alkyl halides is 4. The van der Waals surface area contributed by atoms with Crippen molar-refractivity contribution in [1.29, 1.82) is 0 Å². The number of ether oxygens (including phenoxy) is 2. The van der Waals surface area contributed by atoms with Crippen molar-refractivity contribution in [3.63, 3.8) is 0 Å². The molecule has 0 aromatic rings. The molecule has 0 aliphatic heterocycles. The number of rotatable bonds is 7. The van der Waals surface area contributed by atoms with E-state index in [2.05, 4.69) is 16.1 Å². The summed E-state index contributed by atoms with van der Waals surface area (Å²) in [6.45, 7) is -0.0299. The van der Waals surface area contributed by atoms with Crippen LogP contribution in [0.5, 0.6) is 0 Å². The molecule has 0 bridgehead atoms. The Balaban J connectivity index is 4.65. The van der Waals surface area contributed by atoms with Gasteiger partial charge in [-0.05, 0) is 6.92 Å². The molecule has 0 saturated heterocycles. The van der Waals surface area contributed by atoms with Crippen LogP contribution in [0.2, 0.25) is 0 Å². The zero-order chi connectivity index (χ0) is 17.1. The van der Waals surface area contributed by atoms with E-state index >= 15 is 0 Å². The quantitative estimate of drug-likeness (QED) is 0.287. The Morgan fingerprint density at radius 2 is 1.62 bits per heavy atom. The highest BCUT2D eigenvalue weighted by molar-refractivity contribution is 7.86. The summed E-state index contributed by atoms with van der Waals surface area (Å²) in [6, 6.07) is 0. The van der Waals surface area contributed by atoms with Gasteiger partial charge in [0, 0.05) is 5.57 Å². The van der Waals surface area contributed by atoms with Gasteiger partial charge in [0.2, 0.25) is 0 Å². The fourth-order valence-corrected chi connectivity index (χ4v) is 0.869. The number of carbonyl (C=O) groups is 2. The average molecular weight is 337 g/mol. The van der Waals surface area contributed by atoms with Crippen LogP contribution < -0.4 is 0 Å². The summed E-state index contributed by atoms with van der Waals surface area (Å²) < 4.78 is 88.7. The summed E-state index contributed by atoms with van der Waals surface area (Å²) in [5, 5.41) is -5.06. The van der Waals surface area contributed by atoms with Crippen molar-refractivity contribution in [1.82, 2.24) is 0 Å². The molecule has 7 nitrogen and oxygen atoms in total. The second kappa shape index (κ2) is 6.39. The second-order valence-corrected chi connectivity index (χ2v) is 5.23. The highest BCUT2D eigenvalue weighted by Crippen LogP contribution is 2.23. The van der Waals surface area contributed by atoms with Gasteiger partial charge in [-0.2, -0.15) is 17.6 Å². The van der Waals surface area contributed by atoms with E-state index in [9.17, 15) is 40.1 Å². The lowest BCUT2D eigenvalue weighted by molar-refractivity contribution is -0.186. The van der Waals surface area contributed by atoms with Crippen LogP contribution in [-0.4, -0.2) is 49.3 Å². The molecular weight excluding hydrogens is 328 g/mol. The van der Waals surface area contributed by atoms with Crippen LogP contribution in [0.4, 0.5) is 17.6 Å². The first-order valence-corrected chi connectivity index (χ1v) is 6.32. The Labute approximate surface area is 116 Å². The molecule has 0 spiro atoms. The molecule has 0 aliphatic rings. The van der Waals surface area contributed by atoms with Gasteiger partial charge in [-0.15, -0.1) is 0 Å². The summed E-state index contributed by atoms with van der Waals surface area (Å²) in [7, 11) is -6.18. The van der Waals surface area contributed by atoms with Crippen molar-refractivity contribution in [2.45, 2.75) is 18.1 Å². The molecule has 0 unspecified atom stereocenters. The van der Waals surface area contributed by atoms with Crippen molar-refractivity contribution < 1.29 is 49.6 Å². The maximum Gasteiger partial charge on any atom is 0.381 e. The third-order valence-electron chi connectivity index (χ3n) is 1.77. The molecule has 122 valence electrons. The van der Waals surface area contributed by atoms with Crippen LogP contribution in [-0.2, 0) is 29.2 Å². The normalized spacial score (nSPS) is 12.7. The van der Waals surface area contributed by atoms with Gasteiger partial charge >= 0.3 is 23.1 Å². The molecule has 0 amide bonds. The second-order valence-electron chi connectivity index (χ2n) is 3.73. The standard InChI is InChI=1S/C9H10F4O7S/c1-5(2)6(14)19-3-8(10,11)7(15)20-4-9(12,13)21(16,17)18/h1,3-4H2,2H3,(H,16,17,18)/p-1. The summed E-state index contributed by atoms with van der Waals surface area (Å²) in [5.74, 6) is -8.36. The molecule has 0 rings (SSSR count). The third-order valence-corrected chi connectivity index (χ3v) is 2.62. The molecule has 0 heterocycles. The van der Waals surface area contributed by atoms with Crippen molar-refractivity contribution >= 4 is 22.1 Å². The first-order chi connectivity index (χ1) is 9.21. The van der Waals surface area contributed by atoms with Crippen molar-refractivity contribution in [2.75, 3.05) is 13.2 Å². The predicted octanol–water partition coefficient (Wildman–Crippen LogP) is 0.422. The zero-order valence-corrected chi connectivity index (χ0v) is 11.2. The average Bonchev–Trinajstić information content (AvgIpc) is 2.31. The molecule has 0 aromatic carbocycles. The maximum absolute atomic E-state index is 13.1. The van der Waals surface area contributed by atoms with Gasteiger partial charge in [0.25, 0.3) is 0 Å². The van der Waals surface area contributed by atoms with E-state index in [4.69, 9.17) is 0 Å². The van der Waals surface area contributed by atoms with Crippen molar-refractivity contribution in [2.24, 2.45) is 0 Å². The molecule has 12 heteroatoms.